The minimum Gasteiger partial charge on any atom is -0.378 e. The zero-order valence-corrected chi connectivity index (χ0v) is 11.6. The number of fused-ring (bicyclic) bond motifs is 1. The van der Waals surface area contributed by atoms with Crippen molar-refractivity contribution >= 4 is 28.6 Å². The predicted octanol–water partition coefficient (Wildman–Crippen LogP) is 2.51. The molecule has 2 heterocycles. The first-order valence-electron chi connectivity index (χ1n) is 6.12. The molecule has 0 spiro atoms. The van der Waals surface area contributed by atoms with Crippen LogP contribution in [0.25, 0.3) is 0 Å². The summed E-state index contributed by atoms with van der Waals surface area (Å²) in [5, 5.41) is 14.1. The van der Waals surface area contributed by atoms with Gasteiger partial charge in [0.25, 0.3) is 5.91 Å². The summed E-state index contributed by atoms with van der Waals surface area (Å²) in [5.74, 6) is -0.962. The number of carbonyl (C=O) groups is 1. The Labute approximate surface area is 119 Å². The molecule has 1 aromatic heterocycles. The molecule has 0 saturated heterocycles. The van der Waals surface area contributed by atoms with Gasteiger partial charge in [0.15, 0.2) is 6.10 Å². The highest BCUT2D eigenvalue weighted by Gasteiger charge is 2.30. The van der Waals surface area contributed by atoms with E-state index in [1.54, 1.807) is 29.4 Å². The van der Waals surface area contributed by atoms with E-state index in [0.29, 0.717) is 23.5 Å². The first-order valence-corrected chi connectivity index (χ1v) is 7.00. The molecule has 3 rings (SSSR count). The van der Waals surface area contributed by atoms with Crippen molar-refractivity contribution in [3.63, 3.8) is 0 Å². The Hall–Kier alpha value is -1.92. The third kappa shape index (κ3) is 2.17. The van der Waals surface area contributed by atoms with Crippen molar-refractivity contribution in [2.45, 2.75) is 12.6 Å². The molecule has 104 valence electrons. The van der Waals surface area contributed by atoms with Crippen molar-refractivity contribution in [3.05, 3.63) is 45.9 Å². The van der Waals surface area contributed by atoms with E-state index in [1.165, 1.54) is 6.07 Å². The minimum atomic E-state index is -1.28. The van der Waals surface area contributed by atoms with E-state index in [2.05, 4.69) is 5.32 Å². The number of hydrogen-bond donors (Lipinski definition) is 2. The monoisotopic (exact) mass is 292 g/mol. The molecule has 1 aliphatic heterocycles. The SMILES string of the molecule is CN(Cc1cccs1)c1cc2c(cc1F)C(O)C(=O)N2. The second kappa shape index (κ2) is 4.88. The van der Waals surface area contributed by atoms with Crippen molar-refractivity contribution < 1.29 is 14.3 Å². The zero-order chi connectivity index (χ0) is 14.3. The lowest BCUT2D eigenvalue weighted by Crippen LogP contribution is -2.17. The molecule has 4 nitrogen and oxygen atoms in total. The van der Waals surface area contributed by atoms with E-state index >= 15 is 0 Å². The third-order valence-corrected chi connectivity index (χ3v) is 4.17. The standard InChI is InChI=1S/C14H13FN2O2S/c1-17(7-8-3-2-4-20-8)12-6-11-9(5-10(12)15)13(18)14(19)16-11/h2-6,13,18H,7H2,1H3,(H,16,19). The first kappa shape index (κ1) is 13.1. The number of amides is 1. The van der Waals surface area contributed by atoms with Gasteiger partial charge in [-0.05, 0) is 23.6 Å². The van der Waals surface area contributed by atoms with Gasteiger partial charge in [-0.15, -0.1) is 11.3 Å². The van der Waals surface area contributed by atoms with Crippen molar-refractivity contribution in [1.29, 1.82) is 0 Å². The van der Waals surface area contributed by atoms with Crippen LogP contribution < -0.4 is 10.2 Å². The Morgan fingerprint density at radius 1 is 1.50 bits per heavy atom. The number of hydrogen-bond acceptors (Lipinski definition) is 4. The molecule has 6 heteroatoms. The van der Waals surface area contributed by atoms with Gasteiger partial charge in [-0.1, -0.05) is 6.07 Å². The smallest absolute Gasteiger partial charge is 0.257 e. The van der Waals surface area contributed by atoms with Crippen LogP contribution >= 0.6 is 11.3 Å². The summed E-state index contributed by atoms with van der Waals surface area (Å²) in [6, 6.07) is 6.71. The van der Waals surface area contributed by atoms with Crippen LogP contribution in [-0.2, 0) is 11.3 Å². The van der Waals surface area contributed by atoms with Crippen LogP contribution in [0.1, 0.15) is 16.5 Å². The Kier molecular flexibility index (Phi) is 3.19. The van der Waals surface area contributed by atoms with E-state index in [0.717, 1.165) is 4.88 Å². The van der Waals surface area contributed by atoms with Crippen molar-refractivity contribution in [2.75, 3.05) is 17.3 Å². The number of aliphatic hydroxyl groups is 1. The Balaban J connectivity index is 1.91. The molecule has 1 unspecified atom stereocenters. The highest BCUT2D eigenvalue weighted by Crippen LogP contribution is 2.36. The molecular formula is C14H13FN2O2S. The summed E-state index contributed by atoms with van der Waals surface area (Å²) in [6.45, 7) is 0.587. The summed E-state index contributed by atoms with van der Waals surface area (Å²) in [4.78, 5) is 14.3. The maximum absolute atomic E-state index is 14.1. The van der Waals surface area contributed by atoms with Gasteiger partial charge in [0.05, 0.1) is 12.2 Å². The molecule has 1 atom stereocenters. The third-order valence-electron chi connectivity index (χ3n) is 3.30. The van der Waals surface area contributed by atoms with Crippen molar-refractivity contribution in [3.8, 4) is 0 Å². The van der Waals surface area contributed by atoms with Gasteiger partial charge in [0, 0.05) is 23.2 Å². The molecule has 2 aromatic rings. The molecule has 1 amide bonds. The number of halogens is 1. The molecule has 1 aromatic carbocycles. The fourth-order valence-corrected chi connectivity index (χ4v) is 3.03. The van der Waals surface area contributed by atoms with Crippen molar-refractivity contribution in [1.82, 2.24) is 0 Å². The lowest BCUT2D eigenvalue weighted by atomic mass is 10.1. The highest BCUT2D eigenvalue weighted by molar-refractivity contribution is 7.09. The summed E-state index contributed by atoms with van der Waals surface area (Å²) in [7, 11) is 1.79. The van der Waals surface area contributed by atoms with Gasteiger partial charge in [-0.25, -0.2) is 4.39 Å². The topological polar surface area (TPSA) is 52.6 Å². The minimum absolute atomic E-state index is 0.292. The molecule has 20 heavy (non-hydrogen) atoms. The van der Waals surface area contributed by atoms with E-state index in [4.69, 9.17) is 0 Å². The number of nitrogens with one attached hydrogen (secondary N) is 1. The molecular weight excluding hydrogens is 279 g/mol. The van der Waals surface area contributed by atoms with Crippen LogP contribution in [0.4, 0.5) is 15.8 Å². The average molecular weight is 292 g/mol. The Morgan fingerprint density at radius 2 is 2.30 bits per heavy atom. The fourth-order valence-electron chi connectivity index (χ4n) is 2.27. The summed E-state index contributed by atoms with van der Waals surface area (Å²) in [6.07, 6.45) is -1.28. The summed E-state index contributed by atoms with van der Waals surface area (Å²) >= 11 is 1.60. The van der Waals surface area contributed by atoms with Gasteiger partial charge < -0.3 is 15.3 Å². The number of aliphatic hydroxyl groups excluding tert-OH is 1. The lowest BCUT2D eigenvalue weighted by molar-refractivity contribution is -0.123. The second-order valence-electron chi connectivity index (χ2n) is 4.72. The first-order chi connectivity index (χ1) is 9.56. The number of carbonyl (C=O) groups excluding carboxylic acids is 1. The van der Waals surface area contributed by atoms with Crippen LogP contribution in [0.5, 0.6) is 0 Å². The normalized spacial score (nSPS) is 16.9. The van der Waals surface area contributed by atoms with Gasteiger partial charge in [0.2, 0.25) is 0 Å². The van der Waals surface area contributed by atoms with Crippen LogP contribution in [0.2, 0.25) is 0 Å². The summed E-state index contributed by atoms with van der Waals surface area (Å²) < 4.78 is 14.1. The predicted molar refractivity (Wildman–Crippen MR) is 76.4 cm³/mol. The van der Waals surface area contributed by atoms with Crippen LogP contribution in [0.15, 0.2) is 29.6 Å². The molecule has 1 aliphatic rings. The van der Waals surface area contributed by atoms with Crippen molar-refractivity contribution in [2.24, 2.45) is 0 Å². The average Bonchev–Trinajstić information content (AvgIpc) is 3.00. The number of rotatable bonds is 3. The molecule has 0 saturated carbocycles. The zero-order valence-electron chi connectivity index (χ0n) is 10.8. The Bertz CT molecular complexity index is 657. The number of nitrogens with zero attached hydrogens (tertiary/aromatic N) is 1. The maximum Gasteiger partial charge on any atom is 0.257 e. The maximum atomic E-state index is 14.1. The molecule has 0 aliphatic carbocycles. The fraction of sp³-hybridized carbons (Fsp3) is 0.214. The van der Waals surface area contributed by atoms with E-state index < -0.39 is 17.8 Å². The number of thiophene rings is 1. The highest BCUT2D eigenvalue weighted by atomic mass is 32.1. The molecule has 2 N–H and O–H groups in total. The number of anilines is 2. The number of benzene rings is 1. The second-order valence-corrected chi connectivity index (χ2v) is 5.75. The summed E-state index contributed by atoms with van der Waals surface area (Å²) in [5.41, 5.74) is 1.16. The van der Waals surface area contributed by atoms with Gasteiger partial charge in [-0.3, -0.25) is 4.79 Å². The van der Waals surface area contributed by atoms with Gasteiger partial charge in [-0.2, -0.15) is 0 Å². The van der Waals surface area contributed by atoms with E-state index in [9.17, 15) is 14.3 Å². The van der Waals surface area contributed by atoms with E-state index in [-0.39, 0.29) is 0 Å². The quantitative estimate of drug-likeness (QED) is 0.914. The Morgan fingerprint density at radius 3 is 3.00 bits per heavy atom. The molecule has 0 fully saturated rings. The lowest BCUT2D eigenvalue weighted by Gasteiger charge is -2.20. The molecule has 0 radical (unpaired) electrons. The van der Waals surface area contributed by atoms with E-state index in [1.807, 2.05) is 17.5 Å². The van der Waals surface area contributed by atoms with Crippen LogP contribution in [-0.4, -0.2) is 18.1 Å². The molecule has 0 bridgehead atoms. The van der Waals surface area contributed by atoms with Crippen LogP contribution in [0, 0.1) is 5.82 Å². The largest absolute Gasteiger partial charge is 0.378 e. The van der Waals surface area contributed by atoms with Gasteiger partial charge >= 0.3 is 0 Å². The van der Waals surface area contributed by atoms with Gasteiger partial charge in [0.1, 0.15) is 5.82 Å². The van der Waals surface area contributed by atoms with Crippen LogP contribution in [0.3, 0.4) is 0 Å².